The van der Waals surface area contributed by atoms with Gasteiger partial charge in [0.05, 0.1) is 11.4 Å². The summed E-state index contributed by atoms with van der Waals surface area (Å²) in [6, 6.07) is 14.9. The second kappa shape index (κ2) is 5.31. The Kier molecular flexibility index (Phi) is 3.51. The van der Waals surface area contributed by atoms with Crippen LogP contribution in [0.2, 0.25) is 5.02 Å². The summed E-state index contributed by atoms with van der Waals surface area (Å²) in [5, 5.41) is 0.639. The Morgan fingerprint density at radius 2 is 1.85 bits per heavy atom. The molecule has 0 fully saturated rings. The molecule has 0 unspecified atom stereocenters. The van der Waals surface area contributed by atoms with E-state index in [9.17, 15) is 4.79 Å². The molecule has 0 amide bonds. The third-order valence-corrected chi connectivity index (χ3v) is 3.72. The Labute approximate surface area is 129 Å². The molecule has 0 spiro atoms. The molecule has 100 valence electrons. The molecule has 0 bridgehead atoms. The number of rotatable bonds is 2. The van der Waals surface area contributed by atoms with Gasteiger partial charge in [0.2, 0.25) is 0 Å². The number of halogens is 2. The molecular weight excluding hydrogens is 340 g/mol. The van der Waals surface area contributed by atoms with Crippen LogP contribution in [0, 0.1) is 0 Å². The maximum absolute atomic E-state index is 12.0. The second-order valence-corrected chi connectivity index (χ2v) is 5.68. The van der Waals surface area contributed by atoms with Crippen molar-refractivity contribution in [3.8, 4) is 16.9 Å². The lowest BCUT2D eigenvalue weighted by Crippen LogP contribution is -2.13. The zero-order valence-electron chi connectivity index (χ0n) is 10.3. The minimum absolute atomic E-state index is 0.178. The van der Waals surface area contributed by atoms with Gasteiger partial charge in [0.15, 0.2) is 0 Å². The van der Waals surface area contributed by atoms with Crippen LogP contribution in [0.5, 0.6) is 0 Å². The van der Waals surface area contributed by atoms with Crippen LogP contribution in [0.3, 0.4) is 0 Å². The van der Waals surface area contributed by atoms with Crippen LogP contribution in [0.15, 0.2) is 64.0 Å². The summed E-state index contributed by atoms with van der Waals surface area (Å²) >= 11 is 9.35. The van der Waals surface area contributed by atoms with Crippen LogP contribution in [-0.4, -0.2) is 9.55 Å². The molecule has 1 N–H and O–H groups in total. The van der Waals surface area contributed by atoms with E-state index in [1.54, 1.807) is 16.8 Å². The van der Waals surface area contributed by atoms with Gasteiger partial charge in [0.25, 0.3) is 0 Å². The number of nitrogens with zero attached hydrogens (tertiary/aromatic N) is 1. The molecule has 3 aromatic rings. The van der Waals surface area contributed by atoms with E-state index in [1.165, 1.54) is 0 Å². The van der Waals surface area contributed by atoms with E-state index in [1.807, 2.05) is 42.5 Å². The quantitative estimate of drug-likeness (QED) is 0.738. The molecule has 1 aromatic heterocycles. The summed E-state index contributed by atoms with van der Waals surface area (Å²) in [6.45, 7) is 0. The number of aromatic amines is 1. The van der Waals surface area contributed by atoms with Crippen LogP contribution in [0.25, 0.3) is 16.9 Å². The Balaban J connectivity index is 2.07. The van der Waals surface area contributed by atoms with E-state index >= 15 is 0 Å². The summed E-state index contributed by atoms with van der Waals surface area (Å²) in [7, 11) is 0. The first-order chi connectivity index (χ1) is 9.63. The van der Waals surface area contributed by atoms with Gasteiger partial charge in [-0.05, 0) is 36.4 Å². The van der Waals surface area contributed by atoms with Crippen LogP contribution >= 0.6 is 27.5 Å². The largest absolute Gasteiger partial charge is 0.330 e. The molecule has 0 radical (unpaired) electrons. The average molecular weight is 350 g/mol. The molecule has 0 saturated carbocycles. The molecule has 1 heterocycles. The molecule has 2 aromatic carbocycles. The van der Waals surface area contributed by atoms with Gasteiger partial charge in [-0.25, -0.2) is 4.79 Å². The summed E-state index contributed by atoms with van der Waals surface area (Å²) in [5.41, 5.74) is 2.25. The van der Waals surface area contributed by atoms with Gasteiger partial charge in [-0.1, -0.05) is 39.7 Å². The van der Waals surface area contributed by atoms with Gasteiger partial charge in [-0.2, -0.15) is 0 Å². The number of hydrogen-bond donors (Lipinski definition) is 1. The Bertz CT molecular complexity index is 805. The Morgan fingerprint density at radius 3 is 2.55 bits per heavy atom. The highest BCUT2D eigenvalue weighted by Crippen LogP contribution is 2.21. The maximum atomic E-state index is 12.0. The van der Waals surface area contributed by atoms with Crippen molar-refractivity contribution in [2.45, 2.75) is 0 Å². The first kappa shape index (κ1) is 13.2. The summed E-state index contributed by atoms with van der Waals surface area (Å²) < 4.78 is 2.54. The van der Waals surface area contributed by atoms with Gasteiger partial charge in [-0.3, -0.25) is 4.57 Å². The van der Waals surface area contributed by atoms with Crippen LogP contribution < -0.4 is 5.69 Å². The number of H-pyrrole nitrogens is 1. The van der Waals surface area contributed by atoms with Crippen molar-refractivity contribution in [1.29, 1.82) is 0 Å². The van der Waals surface area contributed by atoms with E-state index in [-0.39, 0.29) is 5.69 Å². The zero-order valence-corrected chi connectivity index (χ0v) is 12.6. The first-order valence-electron chi connectivity index (χ1n) is 5.97. The fourth-order valence-corrected chi connectivity index (χ4v) is 2.45. The normalized spacial score (nSPS) is 10.7. The topological polar surface area (TPSA) is 37.8 Å². The molecule has 20 heavy (non-hydrogen) atoms. The summed E-state index contributed by atoms with van der Waals surface area (Å²) in [5.74, 6) is 0. The fourth-order valence-electron chi connectivity index (χ4n) is 1.99. The minimum atomic E-state index is -0.178. The van der Waals surface area contributed by atoms with Crippen molar-refractivity contribution in [2.24, 2.45) is 0 Å². The lowest BCUT2D eigenvalue weighted by atomic mass is 10.2. The van der Waals surface area contributed by atoms with Crippen molar-refractivity contribution in [3.63, 3.8) is 0 Å². The van der Waals surface area contributed by atoms with Crippen LogP contribution in [0.4, 0.5) is 0 Å². The molecule has 3 rings (SSSR count). The van der Waals surface area contributed by atoms with Crippen molar-refractivity contribution in [2.75, 3.05) is 0 Å². The second-order valence-electron chi connectivity index (χ2n) is 4.33. The van der Waals surface area contributed by atoms with Crippen LogP contribution in [-0.2, 0) is 0 Å². The molecule has 0 atom stereocenters. The highest BCUT2D eigenvalue weighted by atomic mass is 79.9. The van der Waals surface area contributed by atoms with E-state index in [0.717, 1.165) is 21.4 Å². The first-order valence-corrected chi connectivity index (χ1v) is 7.14. The number of aromatic nitrogens is 2. The lowest BCUT2D eigenvalue weighted by Gasteiger charge is -2.00. The third kappa shape index (κ3) is 2.57. The number of hydrogen-bond acceptors (Lipinski definition) is 1. The number of imidazole rings is 1. The van der Waals surface area contributed by atoms with Gasteiger partial charge in [0, 0.05) is 21.3 Å². The third-order valence-electron chi connectivity index (χ3n) is 2.96. The van der Waals surface area contributed by atoms with E-state index in [0.29, 0.717) is 5.02 Å². The highest BCUT2D eigenvalue weighted by molar-refractivity contribution is 9.10. The van der Waals surface area contributed by atoms with Gasteiger partial charge < -0.3 is 4.98 Å². The molecule has 0 aliphatic carbocycles. The monoisotopic (exact) mass is 348 g/mol. The standard InChI is InChI=1S/C15H10BrClN2O/c16-11-4-6-13(7-5-11)19-9-14(18-15(19)20)10-2-1-3-12(17)8-10/h1-9H,(H,18,20). The zero-order chi connectivity index (χ0) is 14.1. The van der Waals surface area contributed by atoms with Gasteiger partial charge >= 0.3 is 5.69 Å². The van der Waals surface area contributed by atoms with Crippen molar-refractivity contribution < 1.29 is 0 Å². The molecule has 0 aliphatic heterocycles. The van der Waals surface area contributed by atoms with Crippen molar-refractivity contribution in [3.05, 3.63) is 74.7 Å². The predicted octanol–water partition coefficient (Wildman–Crippen LogP) is 4.25. The SMILES string of the molecule is O=c1[nH]c(-c2cccc(Cl)c2)cn1-c1ccc(Br)cc1. The Morgan fingerprint density at radius 1 is 1.10 bits per heavy atom. The molecule has 0 saturated heterocycles. The van der Waals surface area contributed by atoms with Crippen molar-refractivity contribution >= 4 is 27.5 Å². The minimum Gasteiger partial charge on any atom is -0.305 e. The number of benzene rings is 2. The van der Waals surface area contributed by atoms with E-state index < -0.39 is 0 Å². The van der Waals surface area contributed by atoms with Crippen molar-refractivity contribution in [1.82, 2.24) is 9.55 Å². The smallest absolute Gasteiger partial charge is 0.305 e. The summed E-state index contributed by atoms with van der Waals surface area (Å²) in [4.78, 5) is 14.9. The molecule has 3 nitrogen and oxygen atoms in total. The number of nitrogens with one attached hydrogen (secondary N) is 1. The predicted molar refractivity (Wildman–Crippen MR) is 84.5 cm³/mol. The molecule has 0 aliphatic rings. The maximum Gasteiger partial charge on any atom is 0.330 e. The Hall–Kier alpha value is -1.78. The molecular formula is C15H10BrClN2O. The summed E-state index contributed by atoms with van der Waals surface area (Å²) in [6.07, 6.45) is 1.78. The molecule has 5 heteroatoms. The van der Waals surface area contributed by atoms with E-state index in [2.05, 4.69) is 20.9 Å². The lowest BCUT2D eigenvalue weighted by molar-refractivity contribution is 0.987. The average Bonchev–Trinajstić information content (AvgIpc) is 2.82. The van der Waals surface area contributed by atoms with E-state index in [4.69, 9.17) is 11.6 Å². The van der Waals surface area contributed by atoms with Crippen LogP contribution in [0.1, 0.15) is 0 Å². The van der Waals surface area contributed by atoms with Gasteiger partial charge in [-0.15, -0.1) is 0 Å². The van der Waals surface area contributed by atoms with Gasteiger partial charge in [0.1, 0.15) is 0 Å². The fraction of sp³-hybridized carbons (Fsp3) is 0. The highest BCUT2D eigenvalue weighted by Gasteiger charge is 2.07.